The lowest BCUT2D eigenvalue weighted by Crippen LogP contribution is -2.73. The summed E-state index contributed by atoms with van der Waals surface area (Å²) < 4.78 is 12.0. The zero-order valence-electron chi connectivity index (χ0n) is 14.7. The van der Waals surface area contributed by atoms with Crippen molar-refractivity contribution in [1.29, 1.82) is 0 Å². The monoisotopic (exact) mass is 324 g/mol. The van der Waals surface area contributed by atoms with Gasteiger partial charge in [0.15, 0.2) is 0 Å². The Kier molecular flexibility index (Phi) is 4.00. The Balaban J connectivity index is 2.17. The Labute approximate surface area is 143 Å². The Bertz CT molecular complexity index is 682. The molecule has 1 saturated heterocycles. The lowest BCUT2D eigenvalue weighted by molar-refractivity contribution is -0.360. The van der Waals surface area contributed by atoms with Gasteiger partial charge in [0.05, 0.1) is 11.0 Å². The number of benzene rings is 2. The molecule has 24 heavy (non-hydrogen) atoms. The topological polar surface area (TPSA) is 35.5 Å². The number of hydrogen-bond donors (Lipinski definition) is 0. The molecule has 0 bridgehead atoms. The molecule has 0 N–H and O–H groups in total. The minimum atomic E-state index is -0.644. The van der Waals surface area contributed by atoms with Gasteiger partial charge in [-0.2, -0.15) is 0 Å². The Morgan fingerprint density at radius 2 is 1.38 bits per heavy atom. The van der Waals surface area contributed by atoms with Crippen LogP contribution in [0, 0.1) is 5.41 Å². The molecule has 1 atom stereocenters. The van der Waals surface area contributed by atoms with Crippen LogP contribution in [0.4, 0.5) is 0 Å². The molecule has 3 rings (SSSR count). The number of esters is 1. The van der Waals surface area contributed by atoms with Crippen molar-refractivity contribution >= 4 is 5.97 Å². The summed E-state index contributed by atoms with van der Waals surface area (Å²) in [7, 11) is 0. The molecule has 0 radical (unpaired) electrons. The van der Waals surface area contributed by atoms with E-state index in [0.717, 1.165) is 11.1 Å². The maximum atomic E-state index is 11.5. The van der Waals surface area contributed by atoms with Crippen molar-refractivity contribution in [2.24, 2.45) is 5.41 Å². The molecule has 0 aromatic heterocycles. The van der Waals surface area contributed by atoms with Gasteiger partial charge in [0.2, 0.25) is 0 Å². The molecule has 1 heterocycles. The van der Waals surface area contributed by atoms with Gasteiger partial charge in [0.1, 0.15) is 12.2 Å². The fourth-order valence-electron chi connectivity index (χ4n) is 3.77. The molecule has 3 heteroatoms. The van der Waals surface area contributed by atoms with E-state index in [1.54, 1.807) is 0 Å². The summed E-state index contributed by atoms with van der Waals surface area (Å²) in [5.41, 5.74) is 0.687. The first-order chi connectivity index (χ1) is 11.3. The molecule has 1 aliphatic heterocycles. The summed E-state index contributed by atoms with van der Waals surface area (Å²) in [6.07, 6.45) is 0. The van der Waals surface area contributed by atoms with Crippen LogP contribution in [0.15, 0.2) is 60.7 Å². The van der Waals surface area contributed by atoms with Crippen molar-refractivity contribution in [3.05, 3.63) is 71.8 Å². The summed E-state index contributed by atoms with van der Waals surface area (Å²) >= 11 is 0. The van der Waals surface area contributed by atoms with Gasteiger partial charge in [0, 0.05) is 6.92 Å². The smallest absolute Gasteiger partial charge is 0.302 e. The van der Waals surface area contributed by atoms with Gasteiger partial charge in [-0.15, -0.1) is 0 Å². The standard InChI is InChI=1S/C21H24O3/c1-16(22)23-15-20(4)19(2,3)24-21(20,17-11-7-5-8-12-17)18-13-9-6-10-14-18/h5-14H,15H2,1-4H3. The van der Waals surface area contributed by atoms with E-state index in [2.05, 4.69) is 45.0 Å². The summed E-state index contributed by atoms with van der Waals surface area (Å²) in [5, 5.41) is 0. The largest absolute Gasteiger partial charge is 0.465 e. The highest BCUT2D eigenvalue weighted by Crippen LogP contribution is 2.65. The minimum Gasteiger partial charge on any atom is -0.465 e. The normalized spacial score (nSPS) is 24.0. The van der Waals surface area contributed by atoms with Gasteiger partial charge in [-0.25, -0.2) is 0 Å². The van der Waals surface area contributed by atoms with Crippen LogP contribution in [0.3, 0.4) is 0 Å². The van der Waals surface area contributed by atoms with Crippen LogP contribution < -0.4 is 0 Å². The molecular formula is C21H24O3. The third kappa shape index (κ3) is 2.27. The van der Waals surface area contributed by atoms with Gasteiger partial charge >= 0.3 is 5.97 Å². The summed E-state index contributed by atoms with van der Waals surface area (Å²) in [5.74, 6) is -0.269. The second-order valence-corrected chi connectivity index (χ2v) is 7.14. The number of rotatable bonds is 4. The van der Waals surface area contributed by atoms with Crippen molar-refractivity contribution in [2.75, 3.05) is 6.61 Å². The van der Waals surface area contributed by atoms with Crippen LogP contribution in [0.25, 0.3) is 0 Å². The third-order valence-electron chi connectivity index (χ3n) is 5.44. The highest BCUT2D eigenvalue weighted by atomic mass is 16.6. The molecule has 0 spiro atoms. The van der Waals surface area contributed by atoms with E-state index >= 15 is 0 Å². The summed E-state index contributed by atoms with van der Waals surface area (Å²) in [6, 6.07) is 20.4. The maximum absolute atomic E-state index is 11.5. The maximum Gasteiger partial charge on any atom is 0.302 e. The quantitative estimate of drug-likeness (QED) is 0.786. The van der Waals surface area contributed by atoms with Gasteiger partial charge in [-0.05, 0) is 25.0 Å². The molecule has 0 aliphatic carbocycles. The highest BCUT2D eigenvalue weighted by Gasteiger charge is 2.71. The first kappa shape index (κ1) is 16.7. The molecule has 3 nitrogen and oxygen atoms in total. The highest BCUT2D eigenvalue weighted by molar-refractivity contribution is 5.66. The first-order valence-corrected chi connectivity index (χ1v) is 8.28. The minimum absolute atomic E-state index is 0.269. The van der Waals surface area contributed by atoms with Crippen LogP contribution in [0.2, 0.25) is 0 Å². The second-order valence-electron chi connectivity index (χ2n) is 7.14. The van der Waals surface area contributed by atoms with Crippen molar-refractivity contribution < 1.29 is 14.3 Å². The van der Waals surface area contributed by atoms with Gasteiger partial charge < -0.3 is 9.47 Å². The molecule has 0 amide bonds. The van der Waals surface area contributed by atoms with E-state index < -0.39 is 16.6 Å². The van der Waals surface area contributed by atoms with Crippen LogP contribution in [0.5, 0.6) is 0 Å². The average Bonchev–Trinajstić information content (AvgIpc) is 2.58. The van der Waals surface area contributed by atoms with E-state index in [-0.39, 0.29) is 5.97 Å². The fourth-order valence-corrected chi connectivity index (χ4v) is 3.77. The van der Waals surface area contributed by atoms with E-state index in [1.165, 1.54) is 6.92 Å². The van der Waals surface area contributed by atoms with E-state index in [1.807, 2.05) is 36.4 Å². The molecule has 1 unspecified atom stereocenters. The van der Waals surface area contributed by atoms with Crippen molar-refractivity contribution in [3.63, 3.8) is 0 Å². The Morgan fingerprint density at radius 1 is 0.917 bits per heavy atom. The molecule has 1 aliphatic rings. The van der Waals surface area contributed by atoms with Crippen LogP contribution in [-0.2, 0) is 19.9 Å². The van der Waals surface area contributed by atoms with Crippen LogP contribution in [0.1, 0.15) is 38.8 Å². The van der Waals surface area contributed by atoms with Crippen molar-refractivity contribution in [3.8, 4) is 0 Å². The predicted octanol–water partition coefficient (Wildman–Crippen LogP) is 4.31. The van der Waals surface area contributed by atoms with Gasteiger partial charge in [0.25, 0.3) is 0 Å². The zero-order chi connectivity index (χ0) is 17.4. The van der Waals surface area contributed by atoms with Crippen LogP contribution in [-0.4, -0.2) is 18.2 Å². The average molecular weight is 324 g/mol. The molecule has 2 aromatic carbocycles. The lowest BCUT2D eigenvalue weighted by Gasteiger charge is -2.67. The van der Waals surface area contributed by atoms with E-state index in [9.17, 15) is 4.79 Å². The summed E-state index contributed by atoms with van der Waals surface area (Å²) in [6.45, 7) is 8.00. The summed E-state index contributed by atoms with van der Waals surface area (Å²) in [4.78, 5) is 11.5. The molecule has 0 saturated carbocycles. The molecule has 2 aromatic rings. The van der Waals surface area contributed by atoms with Gasteiger partial charge in [-0.3, -0.25) is 4.79 Å². The SMILES string of the molecule is CC(=O)OCC1(C)C(C)(C)OC1(c1ccccc1)c1ccccc1. The lowest BCUT2D eigenvalue weighted by atomic mass is 9.53. The first-order valence-electron chi connectivity index (χ1n) is 8.28. The number of ether oxygens (including phenoxy) is 2. The van der Waals surface area contributed by atoms with E-state index in [4.69, 9.17) is 9.47 Å². The third-order valence-corrected chi connectivity index (χ3v) is 5.44. The zero-order valence-corrected chi connectivity index (χ0v) is 14.7. The Morgan fingerprint density at radius 3 is 1.75 bits per heavy atom. The van der Waals surface area contributed by atoms with Gasteiger partial charge in [-0.1, -0.05) is 67.6 Å². The Hall–Kier alpha value is -2.13. The number of carbonyl (C=O) groups excluding carboxylic acids is 1. The van der Waals surface area contributed by atoms with Crippen molar-refractivity contribution in [2.45, 2.75) is 38.9 Å². The molecule has 126 valence electrons. The number of hydrogen-bond acceptors (Lipinski definition) is 3. The fraction of sp³-hybridized carbons (Fsp3) is 0.381. The molecular weight excluding hydrogens is 300 g/mol. The number of carbonyl (C=O) groups is 1. The molecule has 1 fully saturated rings. The van der Waals surface area contributed by atoms with Crippen molar-refractivity contribution in [1.82, 2.24) is 0 Å². The van der Waals surface area contributed by atoms with E-state index in [0.29, 0.717) is 6.61 Å². The second kappa shape index (κ2) is 5.75. The van der Waals surface area contributed by atoms with Crippen LogP contribution >= 0.6 is 0 Å². The predicted molar refractivity (Wildman–Crippen MR) is 93.6 cm³/mol.